The first-order valence-corrected chi connectivity index (χ1v) is 5.52. The Morgan fingerprint density at radius 1 is 1.27 bits per heavy atom. The molecule has 1 heterocycles. The first-order chi connectivity index (χ1) is 7.42. The molecule has 0 aromatic heterocycles. The average Bonchev–Trinajstić information content (AvgIpc) is 2.31. The third-order valence-electron chi connectivity index (χ3n) is 3.07. The van der Waals surface area contributed by atoms with Gasteiger partial charge in [0.1, 0.15) is 0 Å². The van der Waals surface area contributed by atoms with Gasteiger partial charge >= 0.3 is 0 Å². The fraction of sp³-hybridized carbons (Fsp3) is 0.500. The van der Waals surface area contributed by atoms with Crippen LogP contribution in [0.25, 0.3) is 0 Å². The normalized spacial score (nSPS) is 17.9. The van der Waals surface area contributed by atoms with Gasteiger partial charge in [0.2, 0.25) is 0 Å². The molecule has 0 bridgehead atoms. The Morgan fingerprint density at radius 3 is 2.73 bits per heavy atom. The Labute approximate surface area is 90.6 Å². The van der Waals surface area contributed by atoms with E-state index in [9.17, 15) is 0 Å². The summed E-state index contributed by atoms with van der Waals surface area (Å²) in [5.74, 6) is 5.81. The Morgan fingerprint density at radius 2 is 2.00 bits per heavy atom. The minimum atomic E-state index is 0.514. The van der Waals surface area contributed by atoms with Crippen molar-refractivity contribution in [1.29, 1.82) is 0 Å². The molecule has 1 aliphatic rings. The van der Waals surface area contributed by atoms with Crippen LogP contribution in [-0.4, -0.2) is 13.1 Å². The van der Waals surface area contributed by atoms with E-state index in [-0.39, 0.29) is 0 Å². The number of piperidine rings is 1. The van der Waals surface area contributed by atoms with E-state index >= 15 is 0 Å². The van der Waals surface area contributed by atoms with Gasteiger partial charge in [-0.15, -0.1) is 0 Å². The minimum absolute atomic E-state index is 0.514. The quantitative estimate of drug-likeness (QED) is 0.737. The summed E-state index contributed by atoms with van der Waals surface area (Å²) in [5.41, 5.74) is 2.64. The zero-order valence-corrected chi connectivity index (χ0v) is 8.91. The molecule has 0 unspecified atom stereocenters. The highest BCUT2D eigenvalue weighted by atomic mass is 16.6. The van der Waals surface area contributed by atoms with Gasteiger partial charge in [0, 0.05) is 0 Å². The van der Waals surface area contributed by atoms with Crippen LogP contribution in [0.15, 0.2) is 24.3 Å². The van der Waals surface area contributed by atoms with Gasteiger partial charge in [-0.05, 0) is 43.0 Å². The monoisotopic (exact) mass is 206 g/mol. The molecule has 1 saturated heterocycles. The molecule has 1 aromatic carbocycles. The Balaban J connectivity index is 2.17. The molecule has 0 aliphatic carbocycles. The van der Waals surface area contributed by atoms with Crippen LogP contribution in [0.3, 0.4) is 0 Å². The van der Waals surface area contributed by atoms with E-state index in [2.05, 4.69) is 23.5 Å². The van der Waals surface area contributed by atoms with E-state index in [4.69, 9.17) is 10.7 Å². The van der Waals surface area contributed by atoms with Crippen molar-refractivity contribution in [1.82, 2.24) is 5.32 Å². The first kappa shape index (κ1) is 10.6. The lowest BCUT2D eigenvalue weighted by Crippen LogP contribution is -2.27. The summed E-state index contributed by atoms with van der Waals surface area (Å²) in [6, 6.07) is 8.44. The molecule has 1 aliphatic heterocycles. The van der Waals surface area contributed by atoms with Crippen LogP contribution in [0, 0.1) is 0 Å². The molecule has 1 fully saturated rings. The molecule has 2 rings (SSSR count). The molecule has 0 radical (unpaired) electrons. The molecule has 3 N–H and O–H groups in total. The van der Waals surface area contributed by atoms with Crippen LogP contribution in [0.2, 0.25) is 0 Å². The van der Waals surface area contributed by atoms with Crippen molar-refractivity contribution in [3.05, 3.63) is 35.4 Å². The third-order valence-corrected chi connectivity index (χ3v) is 3.07. The van der Waals surface area contributed by atoms with E-state index in [0.29, 0.717) is 12.5 Å². The SMILES string of the molecule is NOCc1ccccc1C1CCNCC1. The molecule has 0 atom stereocenters. The van der Waals surface area contributed by atoms with Gasteiger partial charge in [0.05, 0.1) is 6.61 Å². The summed E-state index contributed by atoms with van der Waals surface area (Å²) < 4.78 is 0. The first-order valence-electron chi connectivity index (χ1n) is 5.52. The average molecular weight is 206 g/mol. The van der Waals surface area contributed by atoms with Crippen LogP contribution < -0.4 is 11.2 Å². The Kier molecular flexibility index (Phi) is 3.72. The van der Waals surface area contributed by atoms with Gasteiger partial charge in [-0.25, -0.2) is 5.90 Å². The van der Waals surface area contributed by atoms with Crippen molar-refractivity contribution < 1.29 is 4.84 Å². The number of rotatable bonds is 3. The number of hydrogen-bond acceptors (Lipinski definition) is 3. The van der Waals surface area contributed by atoms with E-state index < -0.39 is 0 Å². The number of hydrogen-bond donors (Lipinski definition) is 2. The molecule has 0 spiro atoms. The van der Waals surface area contributed by atoms with Gasteiger partial charge in [-0.3, -0.25) is 4.84 Å². The van der Waals surface area contributed by atoms with Gasteiger partial charge in [0.15, 0.2) is 0 Å². The van der Waals surface area contributed by atoms with Crippen LogP contribution in [0.5, 0.6) is 0 Å². The second-order valence-corrected chi connectivity index (χ2v) is 4.03. The largest absolute Gasteiger partial charge is 0.317 e. The highest BCUT2D eigenvalue weighted by molar-refractivity contribution is 5.30. The van der Waals surface area contributed by atoms with Crippen molar-refractivity contribution in [2.75, 3.05) is 13.1 Å². The summed E-state index contributed by atoms with van der Waals surface area (Å²) >= 11 is 0. The summed E-state index contributed by atoms with van der Waals surface area (Å²) in [6.45, 7) is 2.74. The molecule has 3 nitrogen and oxygen atoms in total. The lowest BCUT2D eigenvalue weighted by Gasteiger charge is -2.24. The van der Waals surface area contributed by atoms with Crippen molar-refractivity contribution >= 4 is 0 Å². The van der Waals surface area contributed by atoms with Gasteiger partial charge in [-0.2, -0.15) is 0 Å². The van der Waals surface area contributed by atoms with Crippen LogP contribution in [0.1, 0.15) is 29.9 Å². The maximum absolute atomic E-state index is 5.15. The predicted octanol–water partition coefficient (Wildman–Crippen LogP) is 1.54. The smallest absolute Gasteiger partial charge is 0.0932 e. The second kappa shape index (κ2) is 5.26. The lowest BCUT2D eigenvalue weighted by atomic mass is 9.87. The molecule has 15 heavy (non-hydrogen) atoms. The molecule has 3 heteroatoms. The van der Waals surface area contributed by atoms with Gasteiger partial charge in [-0.1, -0.05) is 24.3 Å². The number of nitrogens with one attached hydrogen (secondary N) is 1. The van der Waals surface area contributed by atoms with Crippen LogP contribution in [0.4, 0.5) is 0 Å². The molecular weight excluding hydrogens is 188 g/mol. The summed E-state index contributed by atoms with van der Waals surface area (Å²) in [4.78, 5) is 4.74. The third kappa shape index (κ3) is 2.56. The van der Waals surface area contributed by atoms with E-state index in [1.807, 2.05) is 6.07 Å². The predicted molar refractivity (Wildman–Crippen MR) is 60.3 cm³/mol. The molecule has 82 valence electrons. The highest BCUT2D eigenvalue weighted by Gasteiger charge is 2.17. The fourth-order valence-corrected chi connectivity index (χ4v) is 2.29. The maximum atomic E-state index is 5.15. The molecule has 0 saturated carbocycles. The Bertz CT molecular complexity index is 308. The summed E-state index contributed by atoms with van der Waals surface area (Å²) in [7, 11) is 0. The standard InChI is InChI=1S/C12H18N2O/c13-15-9-11-3-1-2-4-12(11)10-5-7-14-8-6-10/h1-4,10,14H,5-9,13H2. The zero-order chi connectivity index (χ0) is 10.5. The van der Waals surface area contributed by atoms with Crippen molar-refractivity contribution in [2.45, 2.75) is 25.4 Å². The molecule has 1 aromatic rings. The van der Waals surface area contributed by atoms with E-state index in [1.54, 1.807) is 0 Å². The fourth-order valence-electron chi connectivity index (χ4n) is 2.29. The number of nitrogens with two attached hydrogens (primary N) is 1. The van der Waals surface area contributed by atoms with Crippen molar-refractivity contribution in [3.8, 4) is 0 Å². The van der Waals surface area contributed by atoms with Gasteiger partial charge in [0.25, 0.3) is 0 Å². The zero-order valence-electron chi connectivity index (χ0n) is 8.91. The lowest BCUT2D eigenvalue weighted by molar-refractivity contribution is 0.123. The summed E-state index contributed by atoms with van der Waals surface area (Å²) in [5, 5.41) is 3.38. The van der Waals surface area contributed by atoms with E-state index in [0.717, 1.165) is 13.1 Å². The second-order valence-electron chi connectivity index (χ2n) is 4.03. The van der Waals surface area contributed by atoms with Crippen LogP contribution in [-0.2, 0) is 11.4 Å². The molecular formula is C12H18N2O. The van der Waals surface area contributed by atoms with Crippen molar-refractivity contribution in [3.63, 3.8) is 0 Å². The van der Waals surface area contributed by atoms with Crippen molar-refractivity contribution in [2.24, 2.45) is 5.90 Å². The topological polar surface area (TPSA) is 47.3 Å². The van der Waals surface area contributed by atoms with E-state index in [1.165, 1.54) is 24.0 Å². The minimum Gasteiger partial charge on any atom is -0.317 e. The maximum Gasteiger partial charge on any atom is 0.0932 e. The highest BCUT2D eigenvalue weighted by Crippen LogP contribution is 2.28. The van der Waals surface area contributed by atoms with Crippen LogP contribution >= 0.6 is 0 Å². The Hall–Kier alpha value is -0.900. The number of benzene rings is 1. The van der Waals surface area contributed by atoms with Gasteiger partial charge < -0.3 is 5.32 Å². The summed E-state index contributed by atoms with van der Waals surface area (Å²) in [6.07, 6.45) is 2.42. The molecule has 0 amide bonds.